The summed E-state index contributed by atoms with van der Waals surface area (Å²) in [6, 6.07) is 11.3. The van der Waals surface area contributed by atoms with Crippen molar-refractivity contribution in [1.82, 2.24) is 9.88 Å². The van der Waals surface area contributed by atoms with Crippen LogP contribution < -0.4 is 0 Å². The largest absolute Gasteiger partial charge is 0.480 e. The Morgan fingerprint density at radius 3 is 2.79 bits per heavy atom. The predicted molar refractivity (Wildman–Crippen MR) is 96.9 cm³/mol. The molecule has 2 unspecified atom stereocenters. The first-order valence-corrected chi connectivity index (χ1v) is 9.03. The van der Waals surface area contributed by atoms with Crippen LogP contribution in [-0.2, 0) is 4.79 Å². The van der Waals surface area contributed by atoms with E-state index in [2.05, 4.69) is 31.9 Å². The number of nitrogens with zero attached hydrogens (tertiary/aromatic N) is 2. The summed E-state index contributed by atoms with van der Waals surface area (Å²) in [5, 5.41) is 9.72. The predicted octanol–water partition coefficient (Wildman–Crippen LogP) is 4.18. The molecule has 2 atom stereocenters. The fourth-order valence-corrected chi connectivity index (χ4v) is 3.99. The van der Waals surface area contributed by atoms with Crippen molar-refractivity contribution in [1.29, 1.82) is 0 Å². The number of aromatic nitrogens is 1. The molecular weight excluding hydrogens is 368 g/mol. The van der Waals surface area contributed by atoms with Gasteiger partial charge in [0.25, 0.3) is 0 Å². The van der Waals surface area contributed by atoms with Crippen LogP contribution in [0.3, 0.4) is 0 Å². The van der Waals surface area contributed by atoms with Gasteiger partial charge in [-0.3, -0.25) is 14.7 Å². The van der Waals surface area contributed by atoms with Crippen molar-refractivity contribution in [3.63, 3.8) is 0 Å². The number of carbonyl (C=O) groups is 1. The number of rotatable bonds is 4. The molecule has 0 aliphatic carbocycles. The number of piperidine rings is 1. The number of pyridine rings is 1. The molecular formula is C19H21BrN2O2. The van der Waals surface area contributed by atoms with Gasteiger partial charge >= 0.3 is 5.97 Å². The van der Waals surface area contributed by atoms with Crippen LogP contribution in [0, 0.1) is 6.92 Å². The van der Waals surface area contributed by atoms with E-state index < -0.39 is 12.0 Å². The van der Waals surface area contributed by atoms with Gasteiger partial charge in [0.1, 0.15) is 6.04 Å². The third-order valence-corrected chi connectivity index (χ3v) is 5.39. The molecule has 4 nitrogen and oxygen atoms in total. The molecule has 0 spiro atoms. The van der Waals surface area contributed by atoms with Crippen LogP contribution in [0.2, 0.25) is 0 Å². The monoisotopic (exact) mass is 388 g/mol. The zero-order valence-electron chi connectivity index (χ0n) is 13.7. The number of carboxylic acid groups (broad SMARTS) is 1. The second-order valence-electron chi connectivity index (χ2n) is 6.22. The van der Waals surface area contributed by atoms with Gasteiger partial charge in [0.05, 0.1) is 11.7 Å². The standard InChI is InChI=1S/C19H21BrN2O2/c1-13-7-6-11-21-17(13)18(14-8-2-3-9-15(14)20)22-12-5-4-10-16(22)19(23)24/h2-3,6-9,11,16,18H,4-5,10,12H2,1H3,(H,23,24). The lowest BCUT2D eigenvalue weighted by Gasteiger charge is -2.39. The van der Waals surface area contributed by atoms with E-state index in [4.69, 9.17) is 0 Å². The second kappa shape index (κ2) is 7.45. The maximum absolute atomic E-state index is 11.8. The highest BCUT2D eigenvalue weighted by Crippen LogP contribution is 2.37. The fourth-order valence-electron chi connectivity index (χ4n) is 3.49. The Bertz CT molecular complexity index is 689. The van der Waals surface area contributed by atoms with E-state index >= 15 is 0 Å². The average Bonchev–Trinajstić information content (AvgIpc) is 2.59. The lowest BCUT2D eigenvalue weighted by Crippen LogP contribution is -2.47. The van der Waals surface area contributed by atoms with Crippen molar-refractivity contribution in [2.24, 2.45) is 0 Å². The molecule has 1 aromatic carbocycles. The highest BCUT2D eigenvalue weighted by molar-refractivity contribution is 9.10. The SMILES string of the molecule is Cc1cccnc1C(c1ccccc1Br)N1CCCCC1C(=O)O. The van der Waals surface area contributed by atoms with Gasteiger partial charge in [-0.05, 0) is 49.6 Å². The van der Waals surface area contributed by atoms with Crippen LogP contribution in [0.15, 0.2) is 47.1 Å². The Balaban J connectivity index is 2.13. The highest BCUT2D eigenvalue weighted by Gasteiger charge is 2.36. The van der Waals surface area contributed by atoms with Crippen molar-refractivity contribution < 1.29 is 9.90 Å². The van der Waals surface area contributed by atoms with Crippen LogP contribution in [0.4, 0.5) is 0 Å². The maximum Gasteiger partial charge on any atom is 0.320 e. The first kappa shape index (κ1) is 17.1. The van der Waals surface area contributed by atoms with Crippen molar-refractivity contribution in [3.8, 4) is 0 Å². The third-order valence-electron chi connectivity index (χ3n) is 4.67. The first-order chi connectivity index (χ1) is 11.6. The van der Waals surface area contributed by atoms with Gasteiger partial charge in [0.15, 0.2) is 0 Å². The summed E-state index contributed by atoms with van der Waals surface area (Å²) < 4.78 is 0.981. The number of aryl methyl sites for hydroxylation is 1. The number of benzene rings is 1. The van der Waals surface area contributed by atoms with Crippen LogP contribution >= 0.6 is 15.9 Å². The Kier molecular flexibility index (Phi) is 5.31. The Morgan fingerprint density at radius 1 is 1.29 bits per heavy atom. The third kappa shape index (κ3) is 3.37. The summed E-state index contributed by atoms with van der Waals surface area (Å²) in [4.78, 5) is 18.5. The smallest absolute Gasteiger partial charge is 0.320 e. The molecule has 126 valence electrons. The molecule has 2 aromatic rings. The van der Waals surface area contributed by atoms with Gasteiger partial charge in [-0.2, -0.15) is 0 Å². The van der Waals surface area contributed by atoms with Gasteiger partial charge in [-0.15, -0.1) is 0 Å². The molecule has 1 aromatic heterocycles. The molecule has 0 bridgehead atoms. The van der Waals surface area contributed by atoms with Crippen LogP contribution in [0.1, 0.15) is 42.1 Å². The summed E-state index contributed by atoms with van der Waals surface area (Å²) in [6.07, 6.45) is 4.43. The molecule has 2 heterocycles. The second-order valence-corrected chi connectivity index (χ2v) is 7.07. The summed E-state index contributed by atoms with van der Waals surface area (Å²) >= 11 is 3.64. The minimum atomic E-state index is -0.750. The molecule has 1 saturated heterocycles. The fraction of sp³-hybridized carbons (Fsp3) is 0.368. The Hall–Kier alpha value is -1.72. The lowest BCUT2D eigenvalue weighted by atomic mass is 9.92. The number of hydrogen-bond donors (Lipinski definition) is 1. The van der Waals surface area contributed by atoms with Crippen molar-refractivity contribution >= 4 is 21.9 Å². The summed E-state index contributed by atoms with van der Waals surface area (Å²) in [5.74, 6) is -0.750. The van der Waals surface area contributed by atoms with Gasteiger partial charge < -0.3 is 5.11 Å². The van der Waals surface area contributed by atoms with Crippen LogP contribution in [0.25, 0.3) is 0 Å². The molecule has 0 radical (unpaired) electrons. The van der Waals surface area contributed by atoms with Gasteiger partial charge in [0, 0.05) is 10.7 Å². The molecule has 1 aliphatic rings. The highest BCUT2D eigenvalue weighted by atomic mass is 79.9. The summed E-state index contributed by atoms with van der Waals surface area (Å²) in [5.41, 5.74) is 3.07. The number of halogens is 1. The molecule has 1 aliphatic heterocycles. The summed E-state index contributed by atoms with van der Waals surface area (Å²) in [7, 11) is 0. The first-order valence-electron chi connectivity index (χ1n) is 8.24. The average molecular weight is 389 g/mol. The molecule has 0 amide bonds. The molecule has 3 rings (SSSR count). The molecule has 1 fully saturated rings. The molecule has 24 heavy (non-hydrogen) atoms. The minimum Gasteiger partial charge on any atom is -0.480 e. The van der Waals surface area contributed by atoms with Gasteiger partial charge in [0.2, 0.25) is 0 Å². The van der Waals surface area contributed by atoms with Crippen molar-refractivity contribution in [3.05, 3.63) is 63.9 Å². The van der Waals surface area contributed by atoms with Gasteiger partial charge in [-0.1, -0.05) is 46.6 Å². The topological polar surface area (TPSA) is 53.4 Å². The minimum absolute atomic E-state index is 0.164. The molecule has 0 saturated carbocycles. The van der Waals surface area contributed by atoms with Crippen LogP contribution in [-0.4, -0.2) is 33.5 Å². The van der Waals surface area contributed by atoms with E-state index in [0.29, 0.717) is 6.42 Å². The van der Waals surface area contributed by atoms with Gasteiger partial charge in [-0.25, -0.2) is 0 Å². The number of likely N-dealkylation sites (tertiary alicyclic amines) is 1. The lowest BCUT2D eigenvalue weighted by molar-refractivity contribution is -0.145. The molecule has 1 N–H and O–H groups in total. The number of carboxylic acids is 1. The zero-order chi connectivity index (χ0) is 17.1. The van der Waals surface area contributed by atoms with E-state index in [1.54, 1.807) is 6.20 Å². The normalized spacial score (nSPS) is 19.8. The van der Waals surface area contributed by atoms with E-state index in [-0.39, 0.29) is 6.04 Å². The number of hydrogen-bond acceptors (Lipinski definition) is 3. The van der Waals surface area contributed by atoms with Crippen molar-refractivity contribution in [2.75, 3.05) is 6.54 Å². The quantitative estimate of drug-likeness (QED) is 0.853. The zero-order valence-corrected chi connectivity index (χ0v) is 15.2. The maximum atomic E-state index is 11.8. The van der Waals surface area contributed by atoms with E-state index in [0.717, 1.165) is 40.7 Å². The summed E-state index contributed by atoms with van der Waals surface area (Å²) in [6.45, 7) is 2.80. The van der Waals surface area contributed by atoms with Crippen molar-refractivity contribution in [2.45, 2.75) is 38.3 Å². The number of aliphatic carboxylic acids is 1. The van der Waals surface area contributed by atoms with E-state index in [1.165, 1.54) is 0 Å². The Morgan fingerprint density at radius 2 is 2.08 bits per heavy atom. The van der Waals surface area contributed by atoms with E-state index in [9.17, 15) is 9.90 Å². The van der Waals surface area contributed by atoms with Crippen LogP contribution in [0.5, 0.6) is 0 Å². The van der Waals surface area contributed by atoms with E-state index in [1.807, 2.05) is 37.3 Å². The Labute approximate surface area is 150 Å². The molecule has 5 heteroatoms.